The van der Waals surface area contributed by atoms with E-state index in [4.69, 9.17) is 5.73 Å². The van der Waals surface area contributed by atoms with Crippen molar-refractivity contribution >= 4 is 34.7 Å². The standard InChI is InChI=1S/C29H38N4O7/c1-28(2)11-33(12-28)10-14-9-17(31(3)4)15-7-13-8-16-21(32(5)6)24(36)20(27(30)39)26(38)29(16,40)25(37)18(13)23(35)19(15)22(14)34/h9,13,16,18,20-21,34,40H,7-8,10-12H2,1-6H3,(H2,30,39)/t13-,16-,18?,20?,21-,29-/m0/s1. The largest absolute Gasteiger partial charge is 0.507 e. The van der Waals surface area contributed by atoms with E-state index in [1.165, 1.54) is 4.90 Å². The molecule has 40 heavy (non-hydrogen) atoms. The van der Waals surface area contributed by atoms with Gasteiger partial charge in [0, 0.05) is 50.9 Å². The molecule has 11 heteroatoms. The maximum absolute atomic E-state index is 14.1. The molecule has 3 fully saturated rings. The summed E-state index contributed by atoms with van der Waals surface area (Å²) >= 11 is 0. The van der Waals surface area contributed by atoms with E-state index in [9.17, 15) is 34.2 Å². The summed E-state index contributed by atoms with van der Waals surface area (Å²) in [5.74, 6) is -10.3. The van der Waals surface area contributed by atoms with Gasteiger partial charge in [0.05, 0.1) is 17.5 Å². The summed E-state index contributed by atoms with van der Waals surface area (Å²) < 4.78 is 0. The number of nitrogens with zero attached hydrogens (tertiary/aromatic N) is 3. The number of phenols is 1. The Kier molecular flexibility index (Phi) is 6.52. The van der Waals surface area contributed by atoms with E-state index in [1.807, 2.05) is 25.1 Å². The molecule has 1 aliphatic heterocycles. The van der Waals surface area contributed by atoms with E-state index in [1.54, 1.807) is 14.1 Å². The Balaban J connectivity index is 1.61. The maximum atomic E-state index is 14.1. The van der Waals surface area contributed by atoms with Gasteiger partial charge in [0.2, 0.25) is 5.91 Å². The lowest BCUT2D eigenvalue weighted by atomic mass is 9.52. The van der Waals surface area contributed by atoms with E-state index in [0.717, 1.165) is 18.8 Å². The average molecular weight is 555 g/mol. The molecule has 0 bridgehead atoms. The van der Waals surface area contributed by atoms with Crippen molar-refractivity contribution in [1.82, 2.24) is 9.80 Å². The van der Waals surface area contributed by atoms with Gasteiger partial charge in [0.1, 0.15) is 5.75 Å². The van der Waals surface area contributed by atoms with Crippen LogP contribution in [0.1, 0.15) is 41.8 Å². The average Bonchev–Trinajstić information content (AvgIpc) is 2.81. The zero-order valence-electron chi connectivity index (χ0n) is 23.9. The van der Waals surface area contributed by atoms with Crippen LogP contribution in [-0.4, -0.2) is 102 Å². The number of fused-ring (bicyclic) bond motifs is 3. The first kappa shape index (κ1) is 28.4. The number of aromatic hydroxyl groups is 1. The Labute approximate surface area is 233 Å². The number of ketones is 4. The minimum Gasteiger partial charge on any atom is -0.507 e. The molecule has 0 spiro atoms. The van der Waals surface area contributed by atoms with Crippen LogP contribution in [0.5, 0.6) is 5.75 Å². The van der Waals surface area contributed by atoms with Gasteiger partial charge in [-0.15, -0.1) is 0 Å². The topological polar surface area (TPSA) is 162 Å². The number of likely N-dealkylation sites (tertiary alicyclic amines) is 1. The SMILES string of the molecule is CN(C)c1cc(CN2CC(C)(C)C2)c(O)c2c1C[C@H]1C[C@H]3[C@H](N(C)C)C(=O)C(C(N)=O)C(=O)[C@@]3(O)C(=O)C1C2=O. The molecule has 5 rings (SSSR count). The number of hydrogen-bond donors (Lipinski definition) is 3. The molecule has 11 nitrogen and oxygen atoms in total. The zero-order chi connectivity index (χ0) is 29.6. The summed E-state index contributed by atoms with van der Waals surface area (Å²) in [5, 5.41) is 23.1. The highest BCUT2D eigenvalue weighted by Gasteiger charge is 2.69. The first-order valence-corrected chi connectivity index (χ1v) is 13.6. The van der Waals surface area contributed by atoms with Crippen molar-refractivity contribution in [3.63, 3.8) is 0 Å². The second-order valence-corrected chi connectivity index (χ2v) is 13.3. The number of nitrogens with two attached hydrogens (primary N) is 1. The van der Waals surface area contributed by atoms with Gasteiger partial charge < -0.3 is 20.8 Å². The number of carbonyl (C=O) groups excluding carboxylic acids is 5. The minimum absolute atomic E-state index is 0.0299. The first-order valence-electron chi connectivity index (χ1n) is 13.6. The Morgan fingerprint density at radius 3 is 2.25 bits per heavy atom. The Morgan fingerprint density at radius 1 is 1.10 bits per heavy atom. The summed E-state index contributed by atoms with van der Waals surface area (Å²) in [6, 6.07) is 0.758. The number of aliphatic hydroxyl groups is 1. The number of amides is 1. The number of benzene rings is 1. The van der Waals surface area contributed by atoms with E-state index in [2.05, 4.69) is 18.7 Å². The molecule has 1 aromatic carbocycles. The van der Waals surface area contributed by atoms with Crippen LogP contribution in [0.25, 0.3) is 0 Å². The third kappa shape index (κ3) is 3.93. The second kappa shape index (κ2) is 9.19. The third-order valence-corrected chi connectivity index (χ3v) is 9.30. The Morgan fingerprint density at radius 2 is 1.73 bits per heavy atom. The molecule has 216 valence electrons. The number of primary amides is 1. The van der Waals surface area contributed by atoms with Gasteiger partial charge in [-0.2, -0.15) is 0 Å². The summed E-state index contributed by atoms with van der Waals surface area (Å²) in [6.45, 7) is 6.40. The number of carbonyl (C=O) groups is 5. The third-order valence-electron chi connectivity index (χ3n) is 9.30. The van der Waals surface area contributed by atoms with E-state index in [0.29, 0.717) is 17.7 Å². The number of hydrogen-bond acceptors (Lipinski definition) is 10. The number of Topliss-reactive ketones (excluding diaryl/α,β-unsaturated/α-hetero) is 4. The van der Waals surface area contributed by atoms with E-state index < -0.39 is 64.4 Å². The predicted octanol–water partition coefficient (Wildman–Crippen LogP) is -0.225. The van der Waals surface area contributed by atoms with Gasteiger partial charge in [-0.1, -0.05) is 13.8 Å². The number of rotatable bonds is 5. The van der Waals surface area contributed by atoms with Crippen molar-refractivity contribution in [2.45, 2.75) is 44.9 Å². The normalized spacial score (nSPS) is 33.2. The van der Waals surface area contributed by atoms with E-state index in [-0.39, 0.29) is 29.6 Å². The molecule has 1 heterocycles. The van der Waals surface area contributed by atoms with Crippen LogP contribution in [0.4, 0.5) is 5.69 Å². The van der Waals surface area contributed by atoms with Crippen LogP contribution in [0.2, 0.25) is 0 Å². The fourth-order valence-corrected chi connectivity index (χ4v) is 7.74. The molecule has 2 unspecified atom stereocenters. The maximum Gasteiger partial charge on any atom is 0.235 e. The molecule has 4 aliphatic rings. The molecule has 3 aliphatic carbocycles. The second-order valence-electron chi connectivity index (χ2n) is 13.3. The fraction of sp³-hybridized carbons (Fsp3) is 0.621. The van der Waals surface area contributed by atoms with Crippen molar-refractivity contribution in [3.8, 4) is 5.75 Å². The highest BCUT2D eigenvalue weighted by molar-refractivity contribution is 6.32. The van der Waals surface area contributed by atoms with Gasteiger partial charge in [0.15, 0.2) is 34.7 Å². The highest BCUT2D eigenvalue weighted by atomic mass is 16.3. The molecule has 1 saturated heterocycles. The number of likely N-dealkylation sites (N-methyl/N-ethyl adjacent to an activating group) is 1. The van der Waals surface area contributed by atoms with Crippen molar-refractivity contribution in [2.75, 3.05) is 46.2 Å². The number of anilines is 1. The molecule has 0 radical (unpaired) electrons. The summed E-state index contributed by atoms with van der Waals surface area (Å²) in [4.78, 5) is 72.5. The van der Waals surface area contributed by atoms with Crippen LogP contribution in [-0.2, 0) is 32.1 Å². The highest BCUT2D eigenvalue weighted by Crippen LogP contribution is 2.52. The molecule has 2 saturated carbocycles. The molecular weight excluding hydrogens is 516 g/mol. The zero-order valence-corrected chi connectivity index (χ0v) is 23.9. The monoisotopic (exact) mass is 554 g/mol. The summed E-state index contributed by atoms with van der Waals surface area (Å²) in [5.41, 5.74) is 4.77. The molecule has 6 atom stereocenters. The molecular formula is C29H38N4O7. The predicted molar refractivity (Wildman–Crippen MR) is 145 cm³/mol. The van der Waals surface area contributed by atoms with Crippen LogP contribution in [0, 0.1) is 29.1 Å². The summed E-state index contributed by atoms with van der Waals surface area (Å²) in [6.07, 6.45) is 0.270. The van der Waals surface area contributed by atoms with Crippen LogP contribution in [0.15, 0.2) is 6.07 Å². The van der Waals surface area contributed by atoms with Gasteiger partial charge in [-0.3, -0.25) is 33.8 Å². The molecule has 4 N–H and O–H groups in total. The lowest BCUT2D eigenvalue weighted by molar-refractivity contribution is -0.181. The van der Waals surface area contributed by atoms with Gasteiger partial charge >= 0.3 is 0 Å². The smallest absolute Gasteiger partial charge is 0.235 e. The van der Waals surface area contributed by atoms with Crippen molar-refractivity contribution in [2.24, 2.45) is 34.8 Å². The molecule has 1 amide bonds. The van der Waals surface area contributed by atoms with Crippen LogP contribution >= 0.6 is 0 Å². The quantitative estimate of drug-likeness (QED) is 0.415. The Bertz CT molecular complexity index is 1340. The van der Waals surface area contributed by atoms with Gasteiger partial charge in [0.25, 0.3) is 0 Å². The lowest BCUT2D eigenvalue weighted by Gasteiger charge is -2.52. The van der Waals surface area contributed by atoms with E-state index >= 15 is 0 Å². The van der Waals surface area contributed by atoms with Gasteiger partial charge in [-0.25, -0.2) is 0 Å². The van der Waals surface area contributed by atoms with Crippen LogP contribution in [0.3, 0.4) is 0 Å². The molecule has 0 aromatic heterocycles. The lowest BCUT2D eigenvalue weighted by Crippen LogP contribution is -2.74. The molecule has 1 aromatic rings. The van der Waals surface area contributed by atoms with Crippen molar-refractivity contribution in [1.29, 1.82) is 0 Å². The number of phenolic OH excluding ortho intramolecular Hbond substituents is 1. The summed E-state index contributed by atoms with van der Waals surface area (Å²) in [7, 11) is 6.82. The van der Waals surface area contributed by atoms with Crippen molar-refractivity contribution < 1.29 is 34.2 Å². The Hall–Kier alpha value is -3.15. The minimum atomic E-state index is -2.72. The van der Waals surface area contributed by atoms with Gasteiger partial charge in [-0.05, 0) is 49.9 Å². The fourth-order valence-electron chi connectivity index (χ4n) is 7.74. The first-order chi connectivity index (χ1) is 18.5. The van der Waals surface area contributed by atoms with Crippen LogP contribution < -0.4 is 10.6 Å². The van der Waals surface area contributed by atoms with Crippen molar-refractivity contribution in [3.05, 3.63) is 22.8 Å².